The zero-order chi connectivity index (χ0) is 46.5. The third kappa shape index (κ3) is 50.4. The molecule has 0 radical (unpaired) electrons. The second-order valence-electron chi connectivity index (χ2n) is 18.6. The van der Waals surface area contributed by atoms with Gasteiger partial charge in [-0.25, -0.2) is 0 Å². The molecule has 6 nitrogen and oxygen atoms in total. The van der Waals surface area contributed by atoms with Gasteiger partial charge in [0.1, 0.15) is 13.2 Å². The van der Waals surface area contributed by atoms with Crippen LogP contribution in [0.3, 0.4) is 0 Å². The SMILES string of the molecule is CC/C=C/C=C/C=C/C=C/CCCCCC(=O)OCC(COC(=O)CCCCCCCCCCCCCCCCCCC)OC(=O)CCCCCCCCCCCCCCCCCC. The Bertz CT molecular complexity index is 1120. The van der Waals surface area contributed by atoms with E-state index in [1.807, 2.05) is 30.4 Å². The fourth-order valence-corrected chi connectivity index (χ4v) is 8.04. The Hall–Kier alpha value is -2.63. The first-order valence-electron chi connectivity index (χ1n) is 27.7. The van der Waals surface area contributed by atoms with Gasteiger partial charge in [0.15, 0.2) is 6.10 Å². The third-order valence-corrected chi connectivity index (χ3v) is 12.2. The van der Waals surface area contributed by atoms with Crippen LogP contribution in [-0.4, -0.2) is 37.2 Å². The van der Waals surface area contributed by atoms with Crippen molar-refractivity contribution in [2.24, 2.45) is 0 Å². The average molecular weight is 897 g/mol. The van der Waals surface area contributed by atoms with E-state index in [1.165, 1.54) is 173 Å². The van der Waals surface area contributed by atoms with Crippen molar-refractivity contribution in [3.8, 4) is 0 Å². The van der Waals surface area contributed by atoms with E-state index in [9.17, 15) is 14.4 Å². The van der Waals surface area contributed by atoms with Crippen LogP contribution in [0.25, 0.3) is 0 Å². The van der Waals surface area contributed by atoms with Crippen molar-refractivity contribution in [2.45, 2.75) is 290 Å². The molecular weight excluding hydrogens is 793 g/mol. The second-order valence-corrected chi connectivity index (χ2v) is 18.6. The highest BCUT2D eigenvalue weighted by molar-refractivity contribution is 5.71. The first kappa shape index (κ1) is 61.4. The van der Waals surface area contributed by atoms with Gasteiger partial charge in [-0.1, -0.05) is 275 Å². The molecule has 0 aromatic rings. The molecule has 0 spiro atoms. The van der Waals surface area contributed by atoms with Gasteiger partial charge in [-0.05, 0) is 38.5 Å². The number of esters is 3. The van der Waals surface area contributed by atoms with Gasteiger partial charge in [0.05, 0.1) is 0 Å². The van der Waals surface area contributed by atoms with Gasteiger partial charge in [-0.15, -0.1) is 0 Å². The number of carbonyl (C=O) groups excluding carboxylic acids is 3. The lowest BCUT2D eigenvalue weighted by molar-refractivity contribution is -0.167. The zero-order valence-electron chi connectivity index (χ0n) is 42.6. The lowest BCUT2D eigenvalue weighted by Crippen LogP contribution is -2.30. The van der Waals surface area contributed by atoms with E-state index < -0.39 is 6.10 Å². The largest absolute Gasteiger partial charge is 0.462 e. The number of ether oxygens (including phenoxy) is 3. The number of hydrogen-bond acceptors (Lipinski definition) is 6. The first-order chi connectivity index (χ1) is 31.5. The van der Waals surface area contributed by atoms with Crippen LogP contribution < -0.4 is 0 Å². The van der Waals surface area contributed by atoms with Crippen molar-refractivity contribution in [1.82, 2.24) is 0 Å². The van der Waals surface area contributed by atoms with E-state index in [0.29, 0.717) is 19.3 Å². The highest BCUT2D eigenvalue weighted by Gasteiger charge is 2.19. The summed E-state index contributed by atoms with van der Waals surface area (Å²) in [6.45, 7) is 6.50. The van der Waals surface area contributed by atoms with Gasteiger partial charge in [-0.2, -0.15) is 0 Å². The summed E-state index contributed by atoms with van der Waals surface area (Å²) in [5, 5.41) is 0. The summed E-state index contributed by atoms with van der Waals surface area (Å²) in [6, 6.07) is 0. The Labute approximate surface area is 397 Å². The molecule has 0 fully saturated rings. The molecule has 1 atom stereocenters. The molecular formula is C58H104O6. The van der Waals surface area contributed by atoms with Crippen molar-refractivity contribution in [1.29, 1.82) is 0 Å². The van der Waals surface area contributed by atoms with Gasteiger partial charge in [0.2, 0.25) is 0 Å². The van der Waals surface area contributed by atoms with Gasteiger partial charge in [0.25, 0.3) is 0 Å². The Balaban J connectivity index is 4.36. The molecule has 0 N–H and O–H groups in total. The van der Waals surface area contributed by atoms with Crippen molar-refractivity contribution < 1.29 is 28.6 Å². The van der Waals surface area contributed by atoms with Crippen LogP contribution in [0, 0.1) is 0 Å². The predicted molar refractivity (Wildman–Crippen MR) is 275 cm³/mol. The monoisotopic (exact) mass is 897 g/mol. The molecule has 0 bridgehead atoms. The fraction of sp³-hybridized carbons (Fsp3) is 0.810. The molecule has 0 aliphatic carbocycles. The maximum Gasteiger partial charge on any atom is 0.306 e. The Kier molecular flexibility index (Phi) is 50.8. The van der Waals surface area contributed by atoms with Crippen LogP contribution in [0.1, 0.15) is 284 Å². The molecule has 1 unspecified atom stereocenters. The minimum atomic E-state index is -0.785. The molecule has 0 rings (SSSR count). The Morgan fingerprint density at radius 1 is 0.328 bits per heavy atom. The van der Waals surface area contributed by atoms with E-state index in [2.05, 4.69) is 39.0 Å². The van der Waals surface area contributed by atoms with Crippen LogP contribution >= 0.6 is 0 Å². The second kappa shape index (κ2) is 53.0. The topological polar surface area (TPSA) is 78.9 Å². The van der Waals surface area contributed by atoms with Crippen LogP contribution in [0.4, 0.5) is 0 Å². The maximum absolute atomic E-state index is 12.8. The molecule has 0 saturated carbocycles. The summed E-state index contributed by atoms with van der Waals surface area (Å²) in [7, 11) is 0. The lowest BCUT2D eigenvalue weighted by atomic mass is 10.0. The molecule has 64 heavy (non-hydrogen) atoms. The van der Waals surface area contributed by atoms with Crippen molar-refractivity contribution in [2.75, 3.05) is 13.2 Å². The molecule has 0 aromatic heterocycles. The third-order valence-electron chi connectivity index (χ3n) is 12.2. The molecule has 372 valence electrons. The van der Waals surface area contributed by atoms with E-state index >= 15 is 0 Å². The average Bonchev–Trinajstić information content (AvgIpc) is 3.29. The van der Waals surface area contributed by atoms with Crippen LogP contribution in [0.15, 0.2) is 48.6 Å². The highest BCUT2D eigenvalue weighted by atomic mass is 16.6. The van der Waals surface area contributed by atoms with E-state index in [4.69, 9.17) is 14.2 Å². The molecule has 0 aliphatic heterocycles. The summed E-state index contributed by atoms with van der Waals surface area (Å²) < 4.78 is 16.8. The fourth-order valence-electron chi connectivity index (χ4n) is 8.04. The van der Waals surface area contributed by atoms with Crippen LogP contribution in [0.2, 0.25) is 0 Å². The van der Waals surface area contributed by atoms with E-state index in [0.717, 1.165) is 70.6 Å². The smallest absolute Gasteiger partial charge is 0.306 e. The summed E-state index contributed by atoms with van der Waals surface area (Å²) in [6.07, 6.45) is 63.9. The van der Waals surface area contributed by atoms with E-state index in [1.54, 1.807) is 0 Å². The molecule has 0 amide bonds. The predicted octanol–water partition coefficient (Wildman–Crippen LogP) is 18.3. The maximum atomic E-state index is 12.8. The van der Waals surface area contributed by atoms with Crippen LogP contribution in [0.5, 0.6) is 0 Å². The number of unbranched alkanes of at least 4 members (excludes halogenated alkanes) is 34. The summed E-state index contributed by atoms with van der Waals surface area (Å²) in [5.74, 6) is -0.907. The van der Waals surface area contributed by atoms with Gasteiger partial charge < -0.3 is 14.2 Å². The molecule has 0 aromatic carbocycles. The molecule has 0 aliphatic rings. The number of carbonyl (C=O) groups is 3. The minimum Gasteiger partial charge on any atom is -0.462 e. The highest BCUT2D eigenvalue weighted by Crippen LogP contribution is 2.17. The lowest BCUT2D eigenvalue weighted by Gasteiger charge is -2.18. The van der Waals surface area contributed by atoms with Crippen molar-refractivity contribution in [3.05, 3.63) is 48.6 Å². The van der Waals surface area contributed by atoms with E-state index in [-0.39, 0.29) is 31.1 Å². The standard InChI is InChI=1S/C58H104O6/c1-4-7-10-13-16-19-22-25-27-29-31-33-36-39-42-45-48-51-57(60)63-54-55(53-62-56(59)50-47-44-41-38-35-32-24-21-18-15-12-9-6-3)64-58(61)52-49-46-43-40-37-34-30-28-26-23-20-17-14-11-8-5-2/h9,12,15,18,21,24,32,35,55H,4-8,10-11,13-14,16-17,19-20,22-23,25-31,33-34,36-54H2,1-3H3/b12-9+,18-15+,24-21+,35-32+. The Morgan fingerprint density at radius 3 is 0.953 bits per heavy atom. The summed E-state index contributed by atoms with van der Waals surface area (Å²) in [5.41, 5.74) is 0. The first-order valence-corrected chi connectivity index (χ1v) is 27.7. The normalized spacial score (nSPS) is 12.4. The summed E-state index contributed by atoms with van der Waals surface area (Å²) >= 11 is 0. The molecule has 6 heteroatoms. The minimum absolute atomic E-state index is 0.0816. The Morgan fingerprint density at radius 2 is 0.609 bits per heavy atom. The van der Waals surface area contributed by atoms with Crippen molar-refractivity contribution in [3.63, 3.8) is 0 Å². The quantitative estimate of drug-likeness (QED) is 0.0262. The van der Waals surface area contributed by atoms with Crippen molar-refractivity contribution >= 4 is 17.9 Å². The van der Waals surface area contributed by atoms with Gasteiger partial charge in [0, 0.05) is 19.3 Å². The molecule has 0 saturated heterocycles. The van der Waals surface area contributed by atoms with Gasteiger partial charge in [-0.3, -0.25) is 14.4 Å². The number of rotatable bonds is 50. The zero-order valence-corrected chi connectivity index (χ0v) is 42.6. The van der Waals surface area contributed by atoms with Crippen LogP contribution in [-0.2, 0) is 28.6 Å². The van der Waals surface area contributed by atoms with Gasteiger partial charge >= 0.3 is 17.9 Å². The summed E-state index contributed by atoms with van der Waals surface area (Å²) in [4.78, 5) is 38.1. The number of allylic oxidation sites excluding steroid dienone is 8. The number of hydrogen-bond donors (Lipinski definition) is 0. The molecule has 0 heterocycles.